The van der Waals surface area contributed by atoms with E-state index in [1.54, 1.807) is 6.07 Å². The molecule has 0 spiro atoms. The number of amides is 2. The van der Waals surface area contributed by atoms with Gasteiger partial charge in [0.2, 0.25) is 5.91 Å². The lowest BCUT2D eigenvalue weighted by Gasteiger charge is -2.17. The molecule has 1 aliphatic heterocycles. The zero-order valence-corrected chi connectivity index (χ0v) is 13.7. The molecule has 1 aliphatic rings. The molecule has 0 saturated heterocycles. The topological polar surface area (TPSA) is 49.4 Å². The van der Waals surface area contributed by atoms with Crippen molar-refractivity contribution in [3.8, 4) is 0 Å². The predicted molar refractivity (Wildman–Crippen MR) is 95.7 cm³/mol. The summed E-state index contributed by atoms with van der Waals surface area (Å²) in [5.41, 5.74) is 1.68. The van der Waals surface area contributed by atoms with E-state index in [1.807, 2.05) is 30.3 Å². The molecule has 3 aromatic rings. The standard InChI is InChI=1S/C19H12ClFN2O2/c20-14-9-12(7-8-15(14)21)22-17(24)10-23-16-6-2-4-11-3-1-5-13(18(11)16)19(23)25/h1-9H,10H2,(H,22,24). The van der Waals surface area contributed by atoms with Crippen LogP contribution in [0.5, 0.6) is 0 Å². The van der Waals surface area contributed by atoms with Crippen molar-refractivity contribution < 1.29 is 14.0 Å². The average Bonchev–Trinajstić information content (AvgIpc) is 2.86. The van der Waals surface area contributed by atoms with Crippen LogP contribution < -0.4 is 10.2 Å². The van der Waals surface area contributed by atoms with Crippen molar-refractivity contribution in [3.63, 3.8) is 0 Å². The number of hydrogen-bond acceptors (Lipinski definition) is 2. The molecule has 1 heterocycles. The Morgan fingerprint density at radius 2 is 1.88 bits per heavy atom. The van der Waals surface area contributed by atoms with Gasteiger partial charge in [0.05, 0.1) is 10.7 Å². The van der Waals surface area contributed by atoms with Crippen molar-refractivity contribution in [1.82, 2.24) is 0 Å². The van der Waals surface area contributed by atoms with Crippen molar-refractivity contribution >= 4 is 45.6 Å². The van der Waals surface area contributed by atoms with Crippen molar-refractivity contribution in [2.45, 2.75) is 0 Å². The normalized spacial score (nSPS) is 12.7. The molecule has 25 heavy (non-hydrogen) atoms. The van der Waals surface area contributed by atoms with E-state index in [0.717, 1.165) is 10.8 Å². The number of benzene rings is 3. The number of anilines is 2. The Labute approximate surface area is 147 Å². The van der Waals surface area contributed by atoms with Gasteiger partial charge in [-0.1, -0.05) is 35.9 Å². The van der Waals surface area contributed by atoms with Crippen LogP contribution in [0.2, 0.25) is 5.02 Å². The quantitative estimate of drug-likeness (QED) is 0.765. The molecule has 6 heteroatoms. The highest BCUT2D eigenvalue weighted by atomic mass is 35.5. The van der Waals surface area contributed by atoms with Crippen LogP contribution in [-0.4, -0.2) is 18.4 Å². The van der Waals surface area contributed by atoms with E-state index in [1.165, 1.54) is 23.1 Å². The third-order valence-corrected chi connectivity index (χ3v) is 4.44. The second kappa shape index (κ2) is 5.86. The predicted octanol–water partition coefficient (Wildman–Crippen LogP) is 4.23. The van der Waals surface area contributed by atoms with E-state index in [2.05, 4.69) is 5.32 Å². The Morgan fingerprint density at radius 1 is 1.12 bits per heavy atom. The fraction of sp³-hybridized carbons (Fsp3) is 0.0526. The lowest BCUT2D eigenvalue weighted by Crippen LogP contribution is -2.35. The minimum Gasteiger partial charge on any atom is -0.324 e. The van der Waals surface area contributed by atoms with Gasteiger partial charge < -0.3 is 5.32 Å². The summed E-state index contributed by atoms with van der Waals surface area (Å²) in [7, 11) is 0. The third-order valence-electron chi connectivity index (χ3n) is 4.15. The highest BCUT2D eigenvalue weighted by Gasteiger charge is 2.30. The summed E-state index contributed by atoms with van der Waals surface area (Å²) in [6.07, 6.45) is 0. The molecule has 0 unspecified atom stereocenters. The van der Waals surface area contributed by atoms with Crippen molar-refractivity contribution in [3.05, 3.63) is 71.0 Å². The van der Waals surface area contributed by atoms with Crippen LogP contribution in [0.15, 0.2) is 54.6 Å². The SMILES string of the molecule is O=C(CN1C(=O)c2cccc3cccc1c23)Nc1ccc(F)c(Cl)c1. The second-order valence-electron chi connectivity index (χ2n) is 5.75. The molecule has 0 radical (unpaired) electrons. The minimum atomic E-state index is -0.559. The van der Waals surface area contributed by atoms with Gasteiger partial charge >= 0.3 is 0 Å². The maximum atomic E-state index is 13.2. The summed E-state index contributed by atoms with van der Waals surface area (Å²) in [5, 5.41) is 4.37. The highest BCUT2D eigenvalue weighted by molar-refractivity contribution is 6.31. The van der Waals surface area contributed by atoms with Gasteiger partial charge in [-0.3, -0.25) is 14.5 Å². The maximum absolute atomic E-state index is 13.2. The molecule has 0 aliphatic carbocycles. The fourth-order valence-electron chi connectivity index (χ4n) is 3.05. The number of carbonyl (C=O) groups is 2. The Kier molecular flexibility index (Phi) is 3.66. The van der Waals surface area contributed by atoms with E-state index in [-0.39, 0.29) is 23.4 Å². The first-order chi connectivity index (χ1) is 12.0. The van der Waals surface area contributed by atoms with Gasteiger partial charge in [-0.05, 0) is 35.7 Å². The molecule has 0 saturated carbocycles. The highest BCUT2D eigenvalue weighted by Crippen LogP contribution is 2.36. The summed E-state index contributed by atoms with van der Waals surface area (Å²) in [5.74, 6) is -1.16. The smallest absolute Gasteiger partial charge is 0.259 e. The molecule has 0 fully saturated rings. The van der Waals surface area contributed by atoms with Crippen LogP contribution in [0.3, 0.4) is 0 Å². The van der Waals surface area contributed by atoms with Crippen LogP contribution in [-0.2, 0) is 4.79 Å². The number of carbonyl (C=O) groups excluding carboxylic acids is 2. The van der Waals surface area contributed by atoms with E-state index < -0.39 is 5.82 Å². The molecule has 0 aromatic heterocycles. The lowest BCUT2D eigenvalue weighted by molar-refractivity contribution is -0.114. The first-order valence-corrected chi connectivity index (χ1v) is 8.01. The first kappa shape index (κ1) is 15.6. The lowest BCUT2D eigenvalue weighted by atomic mass is 10.1. The monoisotopic (exact) mass is 354 g/mol. The van der Waals surface area contributed by atoms with Gasteiger partial charge in [-0.15, -0.1) is 0 Å². The third kappa shape index (κ3) is 2.62. The number of nitrogens with one attached hydrogen (secondary N) is 1. The molecule has 0 atom stereocenters. The second-order valence-corrected chi connectivity index (χ2v) is 6.16. The van der Waals surface area contributed by atoms with E-state index in [0.29, 0.717) is 16.9 Å². The zero-order chi connectivity index (χ0) is 17.6. The van der Waals surface area contributed by atoms with Gasteiger partial charge in [0, 0.05) is 16.6 Å². The molecule has 1 N–H and O–H groups in total. The molecule has 4 nitrogen and oxygen atoms in total. The Bertz CT molecular complexity index is 1030. The van der Waals surface area contributed by atoms with Crippen LogP contribution in [0.1, 0.15) is 10.4 Å². The van der Waals surface area contributed by atoms with Crippen LogP contribution in [0.4, 0.5) is 15.8 Å². The van der Waals surface area contributed by atoms with Gasteiger partial charge in [0.25, 0.3) is 5.91 Å². The number of hydrogen-bond donors (Lipinski definition) is 1. The van der Waals surface area contributed by atoms with E-state index >= 15 is 0 Å². The van der Waals surface area contributed by atoms with Crippen molar-refractivity contribution in [2.24, 2.45) is 0 Å². The van der Waals surface area contributed by atoms with Gasteiger partial charge in [0.15, 0.2) is 0 Å². The molecular formula is C19H12ClFN2O2. The first-order valence-electron chi connectivity index (χ1n) is 7.63. The minimum absolute atomic E-state index is 0.0766. The Balaban J connectivity index is 1.59. The molecule has 2 amide bonds. The van der Waals surface area contributed by atoms with Gasteiger partial charge in [0.1, 0.15) is 12.4 Å². The van der Waals surface area contributed by atoms with Gasteiger partial charge in [-0.25, -0.2) is 4.39 Å². The molecule has 124 valence electrons. The fourth-order valence-corrected chi connectivity index (χ4v) is 3.23. The van der Waals surface area contributed by atoms with Crippen molar-refractivity contribution in [2.75, 3.05) is 16.8 Å². The zero-order valence-electron chi connectivity index (χ0n) is 12.9. The van der Waals surface area contributed by atoms with E-state index in [9.17, 15) is 14.0 Å². The van der Waals surface area contributed by atoms with Crippen molar-refractivity contribution in [1.29, 1.82) is 0 Å². The number of rotatable bonds is 3. The van der Waals surface area contributed by atoms with Crippen LogP contribution >= 0.6 is 11.6 Å². The molecule has 4 rings (SSSR count). The van der Waals surface area contributed by atoms with Crippen LogP contribution in [0.25, 0.3) is 10.8 Å². The summed E-state index contributed by atoms with van der Waals surface area (Å²) < 4.78 is 13.2. The molecular weight excluding hydrogens is 343 g/mol. The molecule has 3 aromatic carbocycles. The number of halogens is 2. The summed E-state index contributed by atoms with van der Waals surface area (Å²) in [6.45, 7) is -0.137. The van der Waals surface area contributed by atoms with Crippen LogP contribution in [0, 0.1) is 5.82 Å². The summed E-state index contributed by atoms with van der Waals surface area (Å²) in [6, 6.07) is 15.0. The Morgan fingerprint density at radius 3 is 2.64 bits per heavy atom. The number of nitrogens with zero attached hydrogens (tertiary/aromatic N) is 1. The summed E-state index contributed by atoms with van der Waals surface area (Å²) >= 11 is 5.71. The molecule has 0 bridgehead atoms. The largest absolute Gasteiger partial charge is 0.324 e. The average molecular weight is 355 g/mol. The van der Waals surface area contributed by atoms with Gasteiger partial charge in [-0.2, -0.15) is 0 Å². The summed E-state index contributed by atoms with van der Waals surface area (Å²) in [4.78, 5) is 26.4. The maximum Gasteiger partial charge on any atom is 0.259 e. The van der Waals surface area contributed by atoms with E-state index in [4.69, 9.17) is 11.6 Å². The Hall–Kier alpha value is -2.92.